The Bertz CT molecular complexity index is 735. The minimum absolute atomic E-state index is 0.201. The van der Waals surface area contributed by atoms with Crippen LogP contribution in [-0.2, 0) is 0 Å². The van der Waals surface area contributed by atoms with Crippen LogP contribution in [0.5, 0.6) is 0 Å². The summed E-state index contributed by atoms with van der Waals surface area (Å²) in [5, 5.41) is 2.80. The van der Waals surface area contributed by atoms with Crippen molar-refractivity contribution in [1.82, 2.24) is 9.97 Å². The lowest BCUT2D eigenvalue weighted by Crippen LogP contribution is -2.11. The minimum Gasteiger partial charge on any atom is -0.441 e. The van der Waals surface area contributed by atoms with E-state index >= 15 is 0 Å². The predicted molar refractivity (Wildman–Crippen MR) is 70.9 cm³/mol. The SMILES string of the molecule is Cc1nc2cc(NC(=O)c3cccnc3)ccc2o1. The Morgan fingerprint density at radius 1 is 1.32 bits per heavy atom. The summed E-state index contributed by atoms with van der Waals surface area (Å²) < 4.78 is 5.38. The lowest BCUT2D eigenvalue weighted by molar-refractivity contribution is 0.102. The molecule has 0 spiro atoms. The molecule has 0 atom stereocenters. The molecule has 19 heavy (non-hydrogen) atoms. The van der Waals surface area contributed by atoms with Crippen LogP contribution < -0.4 is 5.32 Å². The Kier molecular flexibility index (Phi) is 2.72. The Balaban J connectivity index is 1.87. The molecule has 1 N–H and O–H groups in total. The number of amides is 1. The van der Waals surface area contributed by atoms with Gasteiger partial charge in [-0.15, -0.1) is 0 Å². The molecule has 0 aliphatic carbocycles. The predicted octanol–water partition coefficient (Wildman–Crippen LogP) is 2.78. The zero-order chi connectivity index (χ0) is 13.2. The first-order valence-corrected chi connectivity index (χ1v) is 5.81. The van der Waals surface area contributed by atoms with Crippen LogP contribution in [-0.4, -0.2) is 15.9 Å². The van der Waals surface area contributed by atoms with Gasteiger partial charge in [-0.3, -0.25) is 9.78 Å². The minimum atomic E-state index is -0.201. The molecule has 0 bridgehead atoms. The van der Waals surface area contributed by atoms with Crippen molar-refractivity contribution in [2.75, 3.05) is 5.32 Å². The highest BCUT2D eigenvalue weighted by Crippen LogP contribution is 2.20. The maximum absolute atomic E-state index is 12.0. The van der Waals surface area contributed by atoms with E-state index in [0.29, 0.717) is 22.7 Å². The van der Waals surface area contributed by atoms with Gasteiger partial charge in [0, 0.05) is 25.0 Å². The average molecular weight is 253 g/mol. The number of pyridine rings is 1. The fourth-order valence-electron chi connectivity index (χ4n) is 1.82. The van der Waals surface area contributed by atoms with Gasteiger partial charge in [0.15, 0.2) is 11.5 Å². The number of hydrogen-bond acceptors (Lipinski definition) is 4. The van der Waals surface area contributed by atoms with Gasteiger partial charge in [-0.2, -0.15) is 0 Å². The highest BCUT2D eigenvalue weighted by molar-refractivity contribution is 6.04. The summed E-state index contributed by atoms with van der Waals surface area (Å²) in [6.07, 6.45) is 3.15. The second-order valence-electron chi connectivity index (χ2n) is 4.11. The van der Waals surface area contributed by atoms with Crippen LogP contribution in [0.3, 0.4) is 0 Å². The third-order valence-corrected chi connectivity index (χ3v) is 2.68. The molecule has 1 aromatic carbocycles. The van der Waals surface area contributed by atoms with Gasteiger partial charge >= 0.3 is 0 Å². The van der Waals surface area contributed by atoms with Gasteiger partial charge < -0.3 is 9.73 Å². The first-order chi connectivity index (χ1) is 9.22. The Morgan fingerprint density at radius 3 is 3.00 bits per heavy atom. The summed E-state index contributed by atoms with van der Waals surface area (Å²) >= 11 is 0. The molecule has 0 aliphatic heterocycles. The van der Waals surface area contributed by atoms with E-state index in [9.17, 15) is 4.79 Å². The van der Waals surface area contributed by atoms with E-state index in [0.717, 1.165) is 5.52 Å². The third-order valence-electron chi connectivity index (χ3n) is 2.68. The standard InChI is InChI=1S/C14H11N3O2/c1-9-16-12-7-11(4-5-13(12)19-9)17-14(18)10-3-2-6-15-8-10/h2-8H,1H3,(H,17,18). The molecule has 3 aromatic rings. The number of oxazole rings is 1. The number of anilines is 1. The molecular weight excluding hydrogens is 242 g/mol. The molecule has 2 heterocycles. The number of rotatable bonds is 2. The molecule has 2 aromatic heterocycles. The van der Waals surface area contributed by atoms with E-state index < -0.39 is 0 Å². The topological polar surface area (TPSA) is 68.0 Å². The van der Waals surface area contributed by atoms with Gasteiger partial charge in [-0.05, 0) is 30.3 Å². The van der Waals surface area contributed by atoms with Crippen molar-refractivity contribution in [1.29, 1.82) is 0 Å². The first-order valence-electron chi connectivity index (χ1n) is 5.81. The quantitative estimate of drug-likeness (QED) is 0.762. The van der Waals surface area contributed by atoms with Crippen LogP contribution in [0.4, 0.5) is 5.69 Å². The molecule has 0 saturated carbocycles. The molecule has 0 aliphatic rings. The summed E-state index contributed by atoms with van der Waals surface area (Å²) in [5.74, 6) is 0.401. The van der Waals surface area contributed by atoms with Crippen LogP contribution in [0.1, 0.15) is 16.2 Å². The number of aromatic nitrogens is 2. The van der Waals surface area contributed by atoms with E-state index in [1.165, 1.54) is 6.20 Å². The van der Waals surface area contributed by atoms with Crippen LogP contribution in [0.25, 0.3) is 11.1 Å². The van der Waals surface area contributed by atoms with Crippen LogP contribution in [0, 0.1) is 6.92 Å². The number of aryl methyl sites for hydroxylation is 1. The van der Waals surface area contributed by atoms with Crippen LogP contribution >= 0.6 is 0 Å². The van der Waals surface area contributed by atoms with E-state index in [-0.39, 0.29) is 5.91 Å². The van der Waals surface area contributed by atoms with E-state index in [1.807, 2.05) is 0 Å². The molecule has 94 valence electrons. The molecule has 0 radical (unpaired) electrons. The fourth-order valence-corrected chi connectivity index (χ4v) is 1.82. The van der Waals surface area contributed by atoms with E-state index in [2.05, 4.69) is 15.3 Å². The molecule has 1 amide bonds. The second-order valence-corrected chi connectivity index (χ2v) is 4.11. The number of fused-ring (bicyclic) bond motifs is 1. The van der Waals surface area contributed by atoms with Crippen molar-refractivity contribution in [3.8, 4) is 0 Å². The van der Waals surface area contributed by atoms with Crippen LogP contribution in [0.15, 0.2) is 47.1 Å². The van der Waals surface area contributed by atoms with Crippen molar-refractivity contribution in [2.45, 2.75) is 6.92 Å². The van der Waals surface area contributed by atoms with Crippen molar-refractivity contribution >= 4 is 22.7 Å². The number of nitrogens with one attached hydrogen (secondary N) is 1. The highest BCUT2D eigenvalue weighted by atomic mass is 16.3. The number of benzene rings is 1. The summed E-state index contributed by atoms with van der Waals surface area (Å²) in [6.45, 7) is 1.79. The Morgan fingerprint density at radius 2 is 2.21 bits per heavy atom. The van der Waals surface area contributed by atoms with Crippen molar-refractivity contribution < 1.29 is 9.21 Å². The van der Waals surface area contributed by atoms with E-state index in [1.54, 1.807) is 43.5 Å². The normalized spacial score (nSPS) is 10.6. The molecule has 5 nitrogen and oxygen atoms in total. The van der Waals surface area contributed by atoms with Crippen LogP contribution in [0.2, 0.25) is 0 Å². The molecule has 5 heteroatoms. The zero-order valence-corrected chi connectivity index (χ0v) is 10.3. The molecule has 0 saturated heterocycles. The van der Waals surface area contributed by atoms with Gasteiger partial charge in [0.25, 0.3) is 5.91 Å². The number of nitrogens with zero attached hydrogens (tertiary/aromatic N) is 2. The first kappa shape index (κ1) is 11.4. The lowest BCUT2D eigenvalue weighted by Gasteiger charge is -2.04. The monoisotopic (exact) mass is 253 g/mol. The zero-order valence-electron chi connectivity index (χ0n) is 10.3. The number of hydrogen-bond donors (Lipinski definition) is 1. The maximum atomic E-state index is 12.0. The largest absolute Gasteiger partial charge is 0.441 e. The fraction of sp³-hybridized carbons (Fsp3) is 0.0714. The lowest BCUT2D eigenvalue weighted by atomic mass is 10.2. The van der Waals surface area contributed by atoms with E-state index in [4.69, 9.17) is 4.42 Å². The maximum Gasteiger partial charge on any atom is 0.257 e. The molecular formula is C14H11N3O2. The average Bonchev–Trinajstić information content (AvgIpc) is 2.79. The number of carbonyl (C=O) groups is 1. The Hall–Kier alpha value is -2.69. The van der Waals surface area contributed by atoms with Gasteiger partial charge in [0.2, 0.25) is 0 Å². The molecule has 0 unspecified atom stereocenters. The van der Waals surface area contributed by atoms with Gasteiger partial charge in [0.1, 0.15) is 5.52 Å². The van der Waals surface area contributed by atoms with Crippen molar-refractivity contribution in [3.05, 3.63) is 54.2 Å². The second kappa shape index (κ2) is 4.53. The van der Waals surface area contributed by atoms with Crippen molar-refractivity contribution in [3.63, 3.8) is 0 Å². The molecule has 0 fully saturated rings. The van der Waals surface area contributed by atoms with Crippen molar-refractivity contribution in [2.24, 2.45) is 0 Å². The number of carbonyl (C=O) groups excluding carboxylic acids is 1. The summed E-state index contributed by atoms with van der Waals surface area (Å²) in [4.78, 5) is 20.1. The van der Waals surface area contributed by atoms with Gasteiger partial charge in [0.05, 0.1) is 5.56 Å². The highest BCUT2D eigenvalue weighted by Gasteiger charge is 2.08. The van der Waals surface area contributed by atoms with Gasteiger partial charge in [-0.1, -0.05) is 0 Å². The molecule has 3 rings (SSSR count). The third kappa shape index (κ3) is 2.30. The summed E-state index contributed by atoms with van der Waals surface area (Å²) in [7, 11) is 0. The van der Waals surface area contributed by atoms with Gasteiger partial charge in [-0.25, -0.2) is 4.98 Å². The Labute approximate surface area is 109 Å². The smallest absolute Gasteiger partial charge is 0.257 e. The summed E-state index contributed by atoms with van der Waals surface area (Å²) in [6, 6.07) is 8.77. The summed E-state index contributed by atoms with van der Waals surface area (Å²) in [5.41, 5.74) is 2.62.